The Morgan fingerprint density at radius 3 is 2.00 bits per heavy atom. The number of nitrogens with zero attached hydrogens (tertiary/aromatic N) is 3. The number of rotatable bonds is 7. The second-order valence-corrected chi connectivity index (χ2v) is 7.76. The number of anilines is 2. The van der Waals surface area contributed by atoms with Crippen LogP contribution < -0.4 is 4.90 Å². The van der Waals surface area contributed by atoms with Gasteiger partial charge in [-0.25, -0.2) is 9.18 Å². The van der Waals surface area contributed by atoms with Gasteiger partial charge in [0, 0.05) is 31.7 Å². The van der Waals surface area contributed by atoms with Crippen LogP contribution in [0.3, 0.4) is 0 Å². The van der Waals surface area contributed by atoms with Crippen LogP contribution in [0.15, 0.2) is 84.9 Å². The third-order valence-corrected chi connectivity index (χ3v) is 5.60. The van der Waals surface area contributed by atoms with Crippen molar-refractivity contribution in [3.05, 3.63) is 96.3 Å². The van der Waals surface area contributed by atoms with Crippen LogP contribution in [-0.2, 0) is 11.3 Å². The number of carbonyl (C=O) groups is 1. The highest BCUT2D eigenvalue weighted by molar-refractivity contribution is 5.99. The Morgan fingerprint density at radius 1 is 0.844 bits per heavy atom. The maximum Gasteiger partial charge on any atom is 0.329 e. The second-order valence-electron chi connectivity index (χ2n) is 7.76. The van der Waals surface area contributed by atoms with Gasteiger partial charge in [-0.1, -0.05) is 54.6 Å². The van der Waals surface area contributed by atoms with Gasteiger partial charge in [0.15, 0.2) is 0 Å². The molecule has 32 heavy (non-hydrogen) atoms. The molecule has 1 heterocycles. The molecular formula is C26H28FN3O2. The van der Waals surface area contributed by atoms with E-state index in [4.69, 9.17) is 4.74 Å². The maximum absolute atomic E-state index is 14.5. The van der Waals surface area contributed by atoms with Crippen molar-refractivity contribution in [2.24, 2.45) is 0 Å². The fourth-order valence-corrected chi connectivity index (χ4v) is 3.83. The molecule has 0 aliphatic carbocycles. The van der Waals surface area contributed by atoms with Crippen LogP contribution in [0.4, 0.5) is 20.6 Å². The normalized spacial score (nSPS) is 14.2. The molecule has 0 atom stereocenters. The van der Waals surface area contributed by atoms with Gasteiger partial charge in [0.25, 0.3) is 0 Å². The lowest BCUT2D eigenvalue weighted by atomic mass is 10.2. The molecule has 3 aromatic carbocycles. The number of halogens is 1. The standard InChI is InChI=1S/C26H28FN3O2/c27-25-14-8-7-9-22(25)21-29(16-15-28-17-19-32-20-18-28)26(31)30(23-10-3-1-4-11-23)24-12-5-2-6-13-24/h1-14H,15-21H2. The summed E-state index contributed by atoms with van der Waals surface area (Å²) in [6.45, 7) is 4.46. The number of amides is 2. The second kappa shape index (κ2) is 10.9. The number of para-hydroxylation sites is 2. The van der Waals surface area contributed by atoms with E-state index in [2.05, 4.69) is 4.90 Å². The van der Waals surface area contributed by atoms with Crippen molar-refractivity contribution >= 4 is 17.4 Å². The highest BCUT2D eigenvalue weighted by Crippen LogP contribution is 2.27. The first-order valence-electron chi connectivity index (χ1n) is 10.9. The third kappa shape index (κ3) is 5.52. The Labute approximate surface area is 188 Å². The minimum Gasteiger partial charge on any atom is -0.379 e. The van der Waals surface area contributed by atoms with Gasteiger partial charge in [-0.2, -0.15) is 0 Å². The first-order valence-corrected chi connectivity index (χ1v) is 10.9. The molecule has 0 N–H and O–H groups in total. The molecule has 2 amide bonds. The minimum absolute atomic E-state index is 0.182. The highest BCUT2D eigenvalue weighted by atomic mass is 19.1. The number of hydrogen-bond acceptors (Lipinski definition) is 3. The van der Waals surface area contributed by atoms with Crippen LogP contribution in [-0.4, -0.2) is 55.2 Å². The van der Waals surface area contributed by atoms with Crippen molar-refractivity contribution in [3.63, 3.8) is 0 Å². The fourth-order valence-electron chi connectivity index (χ4n) is 3.83. The summed E-state index contributed by atoms with van der Waals surface area (Å²) in [6.07, 6.45) is 0. The Bertz CT molecular complexity index is 955. The lowest BCUT2D eigenvalue weighted by molar-refractivity contribution is 0.0348. The van der Waals surface area contributed by atoms with E-state index in [1.54, 1.807) is 28.0 Å². The molecule has 1 saturated heterocycles. The molecule has 0 aromatic heterocycles. The smallest absolute Gasteiger partial charge is 0.329 e. The van der Waals surface area contributed by atoms with Crippen LogP contribution in [0.1, 0.15) is 5.56 Å². The molecule has 1 aliphatic rings. The summed E-state index contributed by atoms with van der Waals surface area (Å²) in [5.74, 6) is -0.303. The molecule has 6 heteroatoms. The lowest BCUT2D eigenvalue weighted by Gasteiger charge is -2.33. The quantitative estimate of drug-likeness (QED) is 0.531. The number of urea groups is 1. The van der Waals surface area contributed by atoms with E-state index in [0.29, 0.717) is 31.9 Å². The van der Waals surface area contributed by atoms with E-state index >= 15 is 0 Å². The van der Waals surface area contributed by atoms with Crippen molar-refractivity contribution < 1.29 is 13.9 Å². The van der Waals surface area contributed by atoms with Crippen LogP contribution in [0, 0.1) is 5.82 Å². The van der Waals surface area contributed by atoms with E-state index in [1.165, 1.54) is 6.07 Å². The van der Waals surface area contributed by atoms with E-state index in [-0.39, 0.29) is 18.4 Å². The summed E-state index contributed by atoms with van der Waals surface area (Å²) in [4.78, 5) is 19.6. The molecule has 0 spiro atoms. The number of carbonyl (C=O) groups excluding carboxylic acids is 1. The van der Waals surface area contributed by atoms with Gasteiger partial charge in [0.2, 0.25) is 0 Å². The SMILES string of the molecule is O=C(N(CCN1CCOCC1)Cc1ccccc1F)N(c1ccccc1)c1ccccc1. The van der Waals surface area contributed by atoms with Crippen LogP contribution >= 0.6 is 0 Å². The number of ether oxygens (including phenoxy) is 1. The van der Waals surface area contributed by atoms with E-state index < -0.39 is 0 Å². The molecule has 1 aliphatic heterocycles. The van der Waals surface area contributed by atoms with Crippen molar-refractivity contribution in [2.75, 3.05) is 44.3 Å². The van der Waals surface area contributed by atoms with E-state index in [9.17, 15) is 9.18 Å². The molecule has 3 aromatic rings. The summed E-state index contributed by atoms with van der Waals surface area (Å²) in [5.41, 5.74) is 2.05. The van der Waals surface area contributed by atoms with Gasteiger partial charge >= 0.3 is 6.03 Å². The monoisotopic (exact) mass is 433 g/mol. The van der Waals surface area contributed by atoms with Gasteiger partial charge in [-0.3, -0.25) is 9.80 Å². The molecule has 0 radical (unpaired) electrons. The molecule has 0 unspecified atom stereocenters. The number of morpholine rings is 1. The molecule has 0 bridgehead atoms. The van der Waals surface area contributed by atoms with Gasteiger partial charge in [-0.05, 0) is 30.3 Å². The van der Waals surface area contributed by atoms with Crippen molar-refractivity contribution in [2.45, 2.75) is 6.54 Å². The zero-order valence-electron chi connectivity index (χ0n) is 18.1. The first kappa shape index (κ1) is 22.0. The van der Waals surface area contributed by atoms with Crippen LogP contribution in [0.5, 0.6) is 0 Å². The Morgan fingerprint density at radius 2 is 1.41 bits per heavy atom. The van der Waals surface area contributed by atoms with Crippen molar-refractivity contribution in [1.82, 2.24) is 9.80 Å². The zero-order chi connectivity index (χ0) is 22.2. The molecule has 1 fully saturated rings. The van der Waals surface area contributed by atoms with Gasteiger partial charge < -0.3 is 9.64 Å². The predicted molar refractivity (Wildman–Crippen MR) is 124 cm³/mol. The summed E-state index contributed by atoms with van der Waals surface area (Å²) < 4.78 is 19.9. The van der Waals surface area contributed by atoms with Gasteiger partial charge in [0.05, 0.1) is 31.1 Å². The highest BCUT2D eigenvalue weighted by Gasteiger charge is 2.25. The van der Waals surface area contributed by atoms with E-state index in [1.807, 2.05) is 60.7 Å². The molecule has 5 nitrogen and oxygen atoms in total. The molecule has 4 rings (SSSR count). The Balaban J connectivity index is 1.63. The molecular weight excluding hydrogens is 405 g/mol. The van der Waals surface area contributed by atoms with Crippen molar-refractivity contribution in [3.8, 4) is 0 Å². The summed E-state index contributed by atoms with van der Waals surface area (Å²) in [6, 6.07) is 25.6. The summed E-state index contributed by atoms with van der Waals surface area (Å²) in [7, 11) is 0. The summed E-state index contributed by atoms with van der Waals surface area (Å²) >= 11 is 0. The fraction of sp³-hybridized carbons (Fsp3) is 0.269. The van der Waals surface area contributed by atoms with Gasteiger partial charge in [0.1, 0.15) is 5.82 Å². The number of hydrogen-bond donors (Lipinski definition) is 0. The van der Waals surface area contributed by atoms with Crippen LogP contribution in [0.2, 0.25) is 0 Å². The molecule has 166 valence electrons. The number of benzene rings is 3. The lowest BCUT2D eigenvalue weighted by Crippen LogP contribution is -2.46. The Kier molecular flexibility index (Phi) is 7.48. The van der Waals surface area contributed by atoms with Crippen LogP contribution in [0.25, 0.3) is 0 Å². The Hall–Kier alpha value is -3.22. The topological polar surface area (TPSA) is 36.0 Å². The van der Waals surface area contributed by atoms with E-state index in [0.717, 1.165) is 24.5 Å². The average molecular weight is 434 g/mol. The molecule has 0 saturated carbocycles. The zero-order valence-corrected chi connectivity index (χ0v) is 18.1. The summed E-state index contributed by atoms with van der Waals surface area (Å²) in [5, 5.41) is 0. The minimum atomic E-state index is -0.303. The largest absolute Gasteiger partial charge is 0.379 e. The first-order chi connectivity index (χ1) is 15.7. The van der Waals surface area contributed by atoms with Crippen molar-refractivity contribution in [1.29, 1.82) is 0 Å². The average Bonchev–Trinajstić information content (AvgIpc) is 2.85. The third-order valence-electron chi connectivity index (χ3n) is 5.60. The predicted octanol–water partition coefficient (Wildman–Crippen LogP) is 4.92. The maximum atomic E-state index is 14.5. The van der Waals surface area contributed by atoms with Gasteiger partial charge in [-0.15, -0.1) is 0 Å².